The van der Waals surface area contributed by atoms with Crippen molar-refractivity contribution in [2.24, 2.45) is 17.8 Å². The molecule has 120 valence electrons. The molecule has 1 heteroatoms. The molecule has 1 unspecified atom stereocenters. The van der Waals surface area contributed by atoms with Gasteiger partial charge in [-0.1, -0.05) is 61.8 Å². The fourth-order valence-corrected chi connectivity index (χ4v) is 3.18. The van der Waals surface area contributed by atoms with Crippen LogP contribution in [0.5, 0.6) is 0 Å². The summed E-state index contributed by atoms with van der Waals surface area (Å²) < 4.78 is 0. The fourth-order valence-electron chi connectivity index (χ4n) is 3.18. The summed E-state index contributed by atoms with van der Waals surface area (Å²) in [5.41, 5.74) is 7.46. The lowest BCUT2D eigenvalue weighted by molar-refractivity contribution is 0.543. The second-order valence-electron chi connectivity index (χ2n) is 6.67. The first-order valence-corrected chi connectivity index (χ1v) is 8.02. The second-order valence-corrected chi connectivity index (χ2v) is 6.67. The van der Waals surface area contributed by atoms with Crippen LogP contribution in [-0.2, 0) is 0 Å². The third-order valence-corrected chi connectivity index (χ3v) is 5.11. The van der Waals surface area contributed by atoms with Gasteiger partial charge in [-0.05, 0) is 57.9 Å². The van der Waals surface area contributed by atoms with E-state index < -0.39 is 0 Å². The molecule has 21 heavy (non-hydrogen) atoms. The van der Waals surface area contributed by atoms with Crippen molar-refractivity contribution in [2.45, 2.75) is 61.3 Å². The molecule has 0 aromatic rings. The predicted octanol–water partition coefficient (Wildman–Crippen LogP) is 6.63. The topological polar surface area (TPSA) is 0 Å². The normalized spacial score (nSPS) is 23.7. The van der Waals surface area contributed by atoms with Gasteiger partial charge in [-0.15, -0.1) is 0 Å². The molecule has 0 saturated heterocycles. The van der Waals surface area contributed by atoms with E-state index in [0.29, 0.717) is 17.8 Å². The van der Waals surface area contributed by atoms with E-state index >= 15 is 0 Å². The van der Waals surface area contributed by atoms with Crippen LogP contribution in [0.1, 0.15) is 61.3 Å². The van der Waals surface area contributed by atoms with Crippen molar-refractivity contribution in [2.75, 3.05) is 0 Å². The third kappa shape index (κ3) is 4.43. The highest BCUT2D eigenvalue weighted by Crippen LogP contribution is 2.45. The molecule has 0 heterocycles. The van der Waals surface area contributed by atoms with Crippen molar-refractivity contribution < 1.29 is 4.70 Å². The molecule has 3 atom stereocenters. The number of hydrogen-bond acceptors (Lipinski definition) is 0. The van der Waals surface area contributed by atoms with E-state index in [1.54, 1.807) is 11.1 Å². The van der Waals surface area contributed by atoms with Crippen LogP contribution in [0.15, 0.2) is 46.6 Å². The Hall–Kier alpha value is -1.11. The van der Waals surface area contributed by atoms with Crippen LogP contribution in [0.25, 0.3) is 0 Å². The van der Waals surface area contributed by atoms with Crippen molar-refractivity contribution in [3.63, 3.8) is 0 Å². The first-order valence-electron chi connectivity index (χ1n) is 8.02. The molecule has 0 saturated carbocycles. The van der Waals surface area contributed by atoms with Gasteiger partial charge in [-0.25, -0.2) is 0 Å². The summed E-state index contributed by atoms with van der Waals surface area (Å²) in [6, 6.07) is 0. The highest BCUT2D eigenvalue weighted by atomic mass is 19.0. The van der Waals surface area contributed by atoms with Crippen LogP contribution in [-0.4, -0.2) is 0 Å². The number of hydrogen-bond donors (Lipinski definition) is 0. The molecular formula is C20H33F. The number of halogens is 1. The lowest BCUT2D eigenvalue weighted by Gasteiger charge is -2.22. The molecule has 0 N–H and O–H groups in total. The van der Waals surface area contributed by atoms with Crippen molar-refractivity contribution >= 4 is 0 Å². The molecule has 0 aliphatic heterocycles. The maximum Gasteiger partial charge on any atom is 0.00589 e. The van der Waals surface area contributed by atoms with E-state index in [4.69, 9.17) is 0 Å². The van der Waals surface area contributed by atoms with Crippen molar-refractivity contribution in [3.8, 4) is 0 Å². The first kappa shape index (κ1) is 19.9. The van der Waals surface area contributed by atoms with Crippen molar-refractivity contribution in [1.82, 2.24) is 0 Å². The van der Waals surface area contributed by atoms with Gasteiger partial charge in [0.05, 0.1) is 0 Å². The first-order chi connectivity index (χ1) is 9.33. The Labute approximate surface area is 131 Å². The van der Waals surface area contributed by atoms with Crippen LogP contribution in [0.4, 0.5) is 4.70 Å². The van der Waals surface area contributed by atoms with Gasteiger partial charge in [0.2, 0.25) is 0 Å². The summed E-state index contributed by atoms with van der Waals surface area (Å²) >= 11 is 0. The lowest BCUT2D eigenvalue weighted by atomic mass is 9.83. The monoisotopic (exact) mass is 292 g/mol. The predicted molar refractivity (Wildman–Crippen MR) is 94.3 cm³/mol. The van der Waals surface area contributed by atoms with Gasteiger partial charge in [-0.2, -0.15) is 0 Å². The minimum Gasteiger partial charge on any atom is -0.269 e. The van der Waals surface area contributed by atoms with Crippen molar-refractivity contribution in [3.05, 3.63) is 46.6 Å². The lowest BCUT2D eigenvalue weighted by Crippen LogP contribution is -2.10. The maximum absolute atomic E-state index is 4.07. The summed E-state index contributed by atoms with van der Waals surface area (Å²) in [5, 5.41) is 0. The van der Waals surface area contributed by atoms with Gasteiger partial charge in [0.25, 0.3) is 0 Å². The van der Waals surface area contributed by atoms with Crippen LogP contribution in [0.2, 0.25) is 0 Å². The zero-order valence-corrected chi connectivity index (χ0v) is 14.9. The van der Waals surface area contributed by atoms with Crippen LogP contribution >= 0.6 is 0 Å². The summed E-state index contributed by atoms with van der Waals surface area (Å²) in [6.07, 6.45) is 6.90. The van der Waals surface area contributed by atoms with Crippen LogP contribution in [0, 0.1) is 17.8 Å². The highest BCUT2D eigenvalue weighted by molar-refractivity contribution is 5.41. The van der Waals surface area contributed by atoms with Crippen molar-refractivity contribution in [1.29, 1.82) is 0 Å². The molecule has 1 rings (SSSR count). The van der Waals surface area contributed by atoms with E-state index in [1.165, 1.54) is 29.6 Å². The zero-order chi connectivity index (χ0) is 15.4. The molecule has 0 radical (unpaired) electrons. The van der Waals surface area contributed by atoms with Gasteiger partial charge >= 0.3 is 0 Å². The molecule has 0 nitrogen and oxygen atoms in total. The Kier molecular flexibility index (Phi) is 7.92. The van der Waals surface area contributed by atoms with E-state index in [9.17, 15) is 0 Å². The standard InChI is InChI=1S/C20H32.FH/c1-9-14(5)20-17(8)16(7)12-19(20)18(10-2)11-15(6)13(3)4;/h10-11,14,16,19H,2,9,12H2,1,3-8H3;1H/b18-11+;/t14-,16?,19+;/m0./s1. The molecule has 1 aliphatic carbocycles. The summed E-state index contributed by atoms with van der Waals surface area (Å²) in [7, 11) is 0. The second kappa shape index (κ2) is 8.36. The van der Waals surface area contributed by atoms with Gasteiger partial charge in [-0.3, -0.25) is 4.70 Å². The van der Waals surface area contributed by atoms with Gasteiger partial charge in [0, 0.05) is 5.92 Å². The fraction of sp³-hybridized carbons (Fsp3) is 0.600. The molecule has 0 aromatic carbocycles. The summed E-state index contributed by atoms with van der Waals surface area (Å²) in [4.78, 5) is 0. The zero-order valence-electron chi connectivity index (χ0n) is 14.9. The average molecular weight is 292 g/mol. The molecule has 0 spiro atoms. The minimum atomic E-state index is 0. The van der Waals surface area contributed by atoms with Gasteiger partial charge in [0.1, 0.15) is 0 Å². The number of rotatable bonds is 5. The van der Waals surface area contributed by atoms with Crippen LogP contribution < -0.4 is 0 Å². The van der Waals surface area contributed by atoms with Crippen LogP contribution in [0.3, 0.4) is 0 Å². The van der Waals surface area contributed by atoms with Gasteiger partial charge < -0.3 is 0 Å². The molecule has 0 bridgehead atoms. The molecule has 1 aliphatic rings. The largest absolute Gasteiger partial charge is 0.269 e. The third-order valence-electron chi connectivity index (χ3n) is 5.11. The number of allylic oxidation sites excluding steroid dienone is 7. The highest BCUT2D eigenvalue weighted by Gasteiger charge is 2.32. The molecule has 0 aromatic heterocycles. The van der Waals surface area contributed by atoms with Gasteiger partial charge in [0.15, 0.2) is 0 Å². The Balaban J connectivity index is 0.00000400. The average Bonchev–Trinajstić information content (AvgIpc) is 2.70. The Morgan fingerprint density at radius 3 is 2.33 bits per heavy atom. The molecule has 0 fully saturated rings. The van der Waals surface area contributed by atoms with E-state index in [2.05, 4.69) is 67.2 Å². The summed E-state index contributed by atoms with van der Waals surface area (Å²) in [6.45, 7) is 20.0. The Morgan fingerprint density at radius 2 is 1.90 bits per heavy atom. The van der Waals surface area contributed by atoms with E-state index in [0.717, 1.165) is 0 Å². The smallest absolute Gasteiger partial charge is 0.00589 e. The van der Waals surface area contributed by atoms with E-state index in [-0.39, 0.29) is 4.70 Å². The minimum absolute atomic E-state index is 0. The summed E-state index contributed by atoms with van der Waals surface area (Å²) in [5.74, 6) is 1.96. The SMILES string of the molecule is C=C/C(=C\C(C)=C(C)C)[C@H]1CC(C)C(C)=C1[C@@H](C)CC.F. The molecule has 0 amide bonds. The molecular weight excluding hydrogens is 259 g/mol. The van der Waals surface area contributed by atoms with E-state index in [1.807, 2.05) is 0 Å². The Bertz CT molecular complexity index is 458. The Morgan fingerprint density at radius 1 is 1.33 bits per heavy atom. The maximum atomic E-state index is 4.07. The quantitative estimate of drug-likeness (QED) is 0.394.